The van der Waals surface area contributed by atoms with Crippen LogP contribution in [0.25, 0.3) is 0 Å². The molecule has 0 atom stereocenters. The van der Waals surface area contributed by atoms with Gasteiger partial charge in [-0.15, -0.1) is 11.8 Å². The van der Waals surface area contributed by atoms with Gasteiger partial charge in [0.05, 0.1) is 4.90 Å². The SMILES string of the molecule is CS(=O)(=O)c1ccc(SCCCC(=O)O)cc1. The molecule has 1 rings (SSSR count). The van der Waals surface area contributed by atoms with Gasteiger partial charge in [-0.2, -0.15) is 0 Å². The highest BCUT2D eigenvalue weighted by Crippen LogP contribution is 2.21. The van der Waals surface area contributed by atoms with Crippen molar-refractivity contribution in [3.63, 3.8) is 0 Å². The third kappa shape index (κ3) is 5.23. The molecule has 0 aliphatic rings. The first-order valence-electron chi connectivity index (χ1n) is 5.04. The molecule has 0 spiro atoms. The lowest BCUT2D eigenvalue weighted by molar-refractivity contribution is -0.137. The number of sulfone groups is 1. The van der Waals surface area contributed by atoms with Crippen molar-refractivity contribution in [1.29, 1.82) is 0 Å². The Morgan fingerprint density at radius 3 is 2.35 bits per heavy atom. The predicted octanol–water partition coefficient (Wildman–Crippen LogP) is 2.05. The fourth-order valence-corrected chi connectivity index (χ4v) is 2.68. The van der Waals surface area contributed by atoms with Crippen molar-refractivity contribution < 1.29 is 18.3 Å². The molecule has 0 bridgehead atoms. The van der Waals surface area contributed by atoms with E-state index >= 15 is 0 Å². The Hall–Kier alpha value is -1.01. The van der Waals surface area contributed by atoms with Crippen LogP contribution in [0, 0.1) is 0 Å². The molecule has 1 aromatic carbocycles. The first-order valence-corrected chi connectivity index (χ1v) is 7.92. The van der Waals surface area contributed by atoms with Crippen LogP contribution in [0.5, 0.6) is 0 Å². The fraction of sp³-hybridized carbons (Fsp3) is 0.364. The monoisotopic (exact) mass is 274 g/mol. The first kappa shape index (κ1) is 14.1. The summed E-state index contributed by atoms with van der Waals surface area (Å²) in [7, 11) is -3.14. The highest BCUT2D eigenvalue weighted by molar-refractivity contribution is 7.99. The van der Waals surface area contributed by atoms with Crippen LogP contribution in [-0.2, 0) is 14.6 Å². The Balaban J connectivity index is 2.49. The standard InChI is InChI=1S/C11H14O4S2/c1-17(14,15)10-6-4-9(5-7-10)16-8-2-3-11(12)13/h4-7H,2-3,8H2,1H3,(H,12,13). The van der Waals surface area contributed by atoms with Crippen LogP contribution in [0.3, 0.4) is 0 Å². The number of carboxylic acids is 1. The van der Waals surface area contributed by atoms with Gasteiger partial charge in [-0.1, -0.05) is 0 Å². The average Bonchev–Trinajstić information content (AvgIpc) is 2.23. The molecule has 0 radical (unpaired) electrons. The van der Waals surface area contributed by atoms with Crippen molar-refractivity contribution >= 4 is 27.6 Å². The van der Waals surface area contributed by atoms with Gasteiger partial charge in [0.25, 0.3) is 0 Å². The number of carbonyl (C=O) groups is 1. The molecule has 0 unspecified atom stereocenters. The molecule has 0 saturated heterocycles. The van der Waals surface area contributed by atoms with Gasteiger partial charge < -0.3 is 5.11 Å². The number of thioether (sulfide) groups is 1. The predicted molar refractivity (Wildman–Crippen MR) is 67.1 cm³/mol. The van der Waals surface area contributed by atoms with Gasteiger partial charge in [0.1, 0.15) is 0 Å². The molecule has 4 nitrogen and oxygen atoms in total. The summed E-state index contributed by atoms with van der Waals surface area (Å²) in [5.41, 5.74) is 0. The van der Waals surface area contributed by atoms with Crippen LogP contribution < -0.4 is 0 Å². The van der Waals surface area contributed by atoms with Crippen molar-refractivity contribution in [2.75, 3.05) is 12.0 Å². The molecule has 0 aliphatic carbocycles. The minimum atomic E-state index is -3.14. The normalized spacial score (nSPS) is 11.4. The van der Waals surface area contributed by atoms with E-state index < -0.39 is 15.8 Å². The summed E-state index contributed by atoms with van der Waals surface area (Å²) >= 11 is 1.52. The maximum Gasteiger partial charge on any atom is 0.303 e. The molecule has 0 fully saturated rings. The summed E-state index contributed by atoms with van der Waals surface area (Å²) in [6.07, 6.45) is 1.93. The van der Waals surface area contributed by atoms with E-state index in [1.165, 1.54) is 18.0 Å². The molecule has 0 aromatic heterocycles. The molecule has 6 heteroatoms. The summed E-state index contributed by atoms with van der Waals surface area (Å²) < 4.78 is 22.4. The van der Waals surface area contributed by atoms with Crippen LogP contribution in [0.15, 0.2) is 34.1 Å². The Kier molecular flexibility index (Phi) is 5.02. The zero-order valence-electron chi connectivity index (χ0n) is 9.42. The molecule has 0 saturated carbocycles. The Labute approximate surface area is 105 Å². The number of carboxylic acid groups (broad SMARTS) is 1. The van der Waals surface area contributed by atoms with Crippen molar-refractivity contribution in [3.05, 3.63) is 24.3 Å². The number of rotatable bonds is 6. The Bertz CT molecular complexity index is 477. The highest BCUT2D eigenvalue weighted by atomic mass is 32.2. The average molecular weight is 274 g/mol. The highest BCUT2D eigenvalue weighted by Gasteiger charge is 2.06. The van der Waals surface area contributed by atoms with Gasteiger partial charge in [0.15, 0.2) is 9.84 Å². The largest absolute Gasteiger partial charge is 0.481 e. The van der Waals surface area contributed by atoms with Gasteiger partial charge in [-0.25, -0.2) is 8.42 Å². The van der Waals surface area contributed by atoms with E-state index in [4.69, 9.17) is 5.11 Å². The number of hydrogen-bond acceptors (Lipinski definition) is 4. The Morgan fingerprint density at radius 1 is 1.29 bits per heavy atom. The molecule has 1 aromatic rings. The number of benzene rings is 1. The van der Waals surface area contributed by atoms with Gasteiger partial charge in [-0.3, -0.25) is 4.79 Å². The molecule has 17 heavy (non-hydrogen) atoms. The van der Waals surface area contributed by atoms with Gasteiger partial charge in [0.2, 0.25) is 0 Å². The van der Waals surface area contributed by atoms with Crippen LogP contribution in [0.1, 0.15) is 12.8 Å². The maximum absolute atomic E-state index is 11.2. The van der Waals surface area contributed by atoms with E-state index in [9.17, 15) is 13.2 Å². The van der Waals surface area contributed by atoms with E-state index in [0.717, 1.165) is 4.90 Å². The first-order chi connectivity index (χ1) is 7.89. The second-order valence-corrected chi connectivity index (χ2v) is 6.77. The number of hydrogen-bond donors (Lipinski definition) is 1. The molecular formula is C11H14O4S2. The van der Waals surface area contributed by atoms with Gasteiger partial charge >= 0.3 is 5.97 Å². The summed E-state index contributed by atoms with van der Waals surface area (Å²) in [5.74, 6) is -0.0807. The fourth-order valence-electron chi connectivity index (χ4n) is 1.20. The molecule has 0 heterocycles. The lowest BCUT2D eigenvalue weighted by atomic mass is 10.3. The minimum absolute atomic E-state index is 0.161. The quantitative estimate of drug-likeness (QED) is 0.635. The number of aliphatic carboxylic acids is 1. The molecule has 94 valence electrons. The minimum Gasteiger partial charge on any atom is -0.481 e. The summed E-state index contributed by atoms with van der Waals surface area (Å²) in [4.78, 5) is 11.5. The topological polar surface area (TPSA) is 71.4 Å². The second kappa shape index (κ2) is 6.07. The second-order valence-electron chi connectivity index (χ2n) is 3.59. The van der Waals surface area contributed by atoms with Gasteiger partial charge in [-0.05, 0) is 36.4 Å². The third-order valence-electron chi connectivity index (χ3n) is 2.06. The van der Waals surface area contributed by atoms with Gasteiger partial charge in [0, 0.05) is 17.6 Å². The van der Waals surface area contributed by atoms with Crippen LogP contribution >= 0.6 is 11.8 Å². The van der Waals surface area contributed by atoms with Crippen molar-refractivity contribution in [2.45, 2.75) is 22.6 Å². The molecular weight excluding hydrogens is 260 g/mol. The molecule has 1 N–H and O–H groups in total. The molecule has 0 aliphatic heterocycles. The summed E-state index contributed by atoms with van der Waals surface area (Å²) in [6.45, 7) is 0. The zero-order chi connectivity index (χ0) is 12.9. The Morgan fingerprint density at radius 2 is 1.88 bits per heavy atom. The summed E-state index contributed by atoms with van der Waals surface area (Å²) in [6, 6.07) is 6.60. The summed E-state index contributed by atoms with van der Waals surface area (Å²) in [5, 5.41) is 8.46. The maximum atomic E-state index is 11.2. The van der Waals surface area contributed by atoms with E-state index in [2.05, 4.69) is 0 Å². The van der Waals surface area contributed by atoms with Crippen molar-refractivity contribution in [2.24, 2.45) is 0 Å². The molecule has 0 amide bonds. The van der Waals surface area contributed by atoms with Crippen LogP contribution in [0.4, 0.5) is 0 Å². The van der Waals surface area contributed by atoms with Crippen LogP contribution in [-0.4, -0.2) is 31.5 Å². The lowest BCUT2D eigenvalue weighted by Gasteiger charge is -2.02. The van der Waals surface area contributed by atoms with Crippen LogP contribution in [0.2, 0.25) is 0 Å². The van der Waals surface area contributed by atoms with E-state index in [0.29, 0.717) is 17.1 Å². The lowest BCUT2D eigenvalue weighted by Crippen LogP contribution is -1.96. The van der Waals surface area contributed by atoms with Crippen molar-refractivity contribution in [3.8, 4) is 0 Å². The zero-order valence-corrected chi connectivity index (χ0v) is 11.1. The van der Waals surface area contributed by atoms with E-state index in [1.807, 2.05) is 0 Å². The third-order valence-corrected chi connectivity index (χ3v) is 4.28. The van der Waals surface area contributed by atoms with Crippen molar-refractivity contribution in [1.82, 2.24) is 0 Å². The van der Waals surface area contributed by atoms with E-state index in [1.54, 1.807) is 24.3 Å². The smallest absolute Gasteiger partial charge is 0.303 e. The van der Waals surface area contributed by atoms with E-state index in [-0.39, 0.29) is 6.42 Å².